The Balaban J connectivity index is 1.14. The van der Waals surface area contributed by atoms with Crippen molar-refractivity contribution < 1.29 is 9.53 Å². The Morgan fingerprint density at radius 2 is 1.76 bits per heavy atom. The molecule has 1 N–H and O–H groups in total. The summed E-state index contributed by atoms with van der Waals surface area (Å²) in [5.74, 6) is 0.784. The maximum absolute atomic E-state index is 12.4. The number of aromatic nitrogens is 2. The molecule has 5 nitrogen and oxygen atoms in total. The van der Waals surface area contributed by atoms with Crippen molar-refractivity contribution in [1.82, 2.24) is 9.97 Å². The highest BCUT2D eigenvalue weighted by Gasteiger charge is 2.09. The highest BCUT2D eigenvalue weighted by atomic mass is 32.1. The third-order valence-corrected chi connectivity index (χ3v) is 6.23. The maximum Gasteiger partial charge on any atom is 0.224 e. The number of hydrogen-bond donors (Lipinski definition) is 1. The van der Waals surface area contributed by atoms with Crippen molar-refractivity contribution in [3.05, 3.63) is 96.5 Å². The molecule has 5 rings (SSSR count). The van der Waals surface area contributed by atoms with E-state index in [0.29, 0.717) is 19.4 Å². The number of thiazole rings is 1. The molecule has 0 fully saturated rings. The van der Waals surface area contributed by atoms with Crippen molar-refractivity contribution in [3.63, 3.8) is 0 Å². The highest BCUT2D eigenvalue weighted by molar-refractivity contribution is 7.13. The Bertz CT molecular complexity index is 1420. The summed E-state index contributed by atoms with van der Waals surface area (Å²) in [5.41, 5.74) is 3.43. The molecule has 0 saturated heterocycles. The van der Waals surface area contributed by atoms with Crippen LogP contribution in [0.4, 0.5) is 5.69 Å². The summed E-state index contributed by atoms with van der Waals surface area (Å²) >= 11 is 1.55. The van der Waals surface area contributed by atoms with Crippen LogP contribution in [0, 0.1) is 0 Å². The summed E-state index contributed by atoms with van der Waals surface area (Å²) in [6, 6.07) is 27.7. The Kier molecular flexibility index (Phi) is 6.59. The van der Waals surface area contributed by atoms with Gasteiger partial charge in [-0.05, 0) is 53.6 Å². The molecule has 0 aliphatic carbocycles. The average molecular weight is 466 g/mol. The second-order valence-electron chi connectivity index (χ2n) is 7.84. The highest BCUT2D eigenvalue weighted by Crippen LogP contribution is 2.29. The molecule has 2 heterocycles. The summed E-state index contributed by atoms with van der Waals surface area (Å²) in [7, 11) is 0. The number of pyridine rings is 1. The van der Waals surface area contributed by atoms with Gasteiger partial charge in [0, 0.05) is 29.2 Å². The van der Waals surface area contributed by atoms with Crippen molar-refractivity contribution in [2.24, 2.45) is 0 Å². The first kappa shape index (κ1) is 21.8. The zero-order chi connectivity index (χ0) is 23.2. The zero-order valence-electron chi connectivity index (χ0n) is 18.5. The SMILES string of the molecule is O=C(CCCOc1ccc2ccccc2c1)Nc1cccc(-c2csc(-c3ccccn3)n2)c1. The van der Waals surface area contributed by atoms with Gasteiger partial charge in [-0.2, -0.15) is 0 Å². The summed E-state index contributed by atoms with van der Waals surface area (Å²) in [4.78, 5) is 21.5. The maximum atomic E-state index is 12.4. The quantitative estimate of drug-likeness (QED) is 0.255. The van der Waals surface area contributed by atoms with Gasteiger partial charge in [0.1, 0.15) is 10.8 Å². The fourth-order valence-corrected chi connectivity index (χ4v) is 4.48. The number of hydrogen-bond acceptors (Lipinski definition) is 5. The number of carbonyl (C=O) groups is 1. The van der Waals surface area contributed by atoms with E-state index in [1.165, 1.54) is 5.39 Å². The first-order valence-corrected chi connectivity index (χ1v) is 12.0. The average Bonchev–Trinajstić information content (AvgIpc) is 3.38. The van der Waals surface area contributed by atoms with E-state index in [0.717, 1.165) is 38.8 Å². The zero-order valence-corrected chi connectivity index (χ0v) is 19.3. The number of nitrogens with one attached hydrogen (secondary N) is 1. The van der Waals surface area contributed by atoms with Crippen LogP contribution in [0.25, 0.3) is 32.7 Å². The topological polar surface area (TPSA) is 64.1 Å². The van der Waals surface area contributed by atoms with E-state index in [1.807, 2.05) is 78.2 Å². The van der Waals surface area contributed by atoms with Crippen LogP contribution in [-0.4, -0.2) is 22.5 Å². The van der Waals surface area contributed by atoms with E-state index in [9.17, 15) is 4.79 Å². The standard InChI is InChI=1S/C28H23N3O2S/c32-27(12-6-16-33-24-14-13-20-7-1-2-8-21(20)18-24)30-23-10-5-9-22(17-23)26-19-34-28(31-26)25-11-3-4-15-29-25/h1-5,7-11,13-15,17-19H,6,12,16H2,(H,30,32). The van der Waals surface area contributed by atoms with E-state index in [1.54, 1.807) is 17.5 Å². The van der Waals surface area contributed by atoms with E-state index < -0.39 is 0 Å². The Morgan fingerprint density at radius 3 is 2.65 bits per heavy atom. The van der Waals surface area contributed by atoms with Crippen molar-refractivity contribution in [2.75, 3.05) is 11.9 Å². The van der Waals surface area contributed by atoms with Gasteiger partial charge in [0.05, 0.1) is 18.0 Å². The Labute approximate surface area is 202 Å². The first-order valence-electron chi connectivity index (χ1n) is 11.1. The molecular weight excluding hydrogens is 442 g/mol. The molecule has 2 aromatic heterocycles. The third-order valence-electron chi connectivity index (χ3n) is 5.37. The minimum Gasteiger partial charge on any atom is -0.494 e. The predicted molar refractivity (Wildman–Crippen MR) is 138 cm³/mol. The summed E-state index contributed by atoms with van der Waals surface area (Å²) in [6.07, 6.45) is 2.79. The second kappa shape index (κ2) is 10.3. The summed E-state index contributed by atoms with van der Waals surface area (Å²) in [5, 5.41) is 8.19. The van der Waals surface area contributed by atoms with Crippen LogP contribution in [0.15, 0.2) is 96.5 Å². The largest absolute Gasteiger partial charge is 0.494 e. The molecule has 34 heavy (non-hydrogen) atoms. The lowest BCUT2D eigenvalue weighted by molar-refractivity contribution is -0.116. The van der Waals surface area contributed by atoms with Crippen LogP contribution in [0.1, 0.15) is 12.8 Å². The van der Waals surface area contributed by atoms with Gasteiger partial charge in [-0.15, -0.1) is 11.3 Å². The lowest BCUT2D eigenvalue weighted by Gasteiger charge is -2.09. The Morgan fingerprint density at radius 1 is 0.882 bits per heavy atom. The molecular formula is C28H23N3O2S. The predicted octanol–water partition coefficient (Wildman–Crippen LogP) is 6.82. The van der Waals surface area contributed by atoms with Crippen molar-refractivity contribution in [1.29, 1.82) is 0 Å². The monoisotopic (exact) mass is 465 g/mol. The number of rotatable bonds is 8. The molecule has 5 aromatic rings. The van der Waals surface area contributed by atoms with Crippen molar-refractivity contribution in [2.45, 2.75) is 12.8 Å². The van der Waals surface area contributed by atoms with Gasteiger partial charge >= 0.3 is 0 Å². The third kappa shape index (κ3) is 5.30. The van der Waals surface area contributed by atoms with E-state index >= 15 is 0 Å². The molecule has 168 valence electrons. The molecule has 0 aliphatic rings. The lowest BCUT2D eigenvalue weighted by atomic mass is 10.1. The van der Waals surface area contributed by atoms with Crippen LogP contribution in [0.2, 0.25) is 0 Å². The minimum absolute atomic E-state index is 0.0355. The number of fused-ring (bicyclic) bond motifs is 1. The fraction of sp³-hybridized carbons (Fsp3) is 0.107. The van der Waals surface area contributed by atoms with Crippen LogP contribution in [0.3, 0.4) is 0 Å². The van der Waals surface area contributed by atoms with Gasteiger partial charge in [0.25, 0.3) is 0 Å². The Hall–Kier alpha value is -4.03. The van der Waals surface area contributed by atoms with E-state index in [-0.39, 0.29) is 5.91 Å². The summed E-state index contributed by atoms with van der Waals surface area (Å²) in [6.45, 7) is 0.487. The van der Waals surface area contributed by atoms with Crippen LogP contribution >= 0.6 is 11.3 Å². The molecule has 0 bridgehead atoms. The summed E-state index contributed by atoms with van der Waals surface area (Å²) < 4.78 is 5.84. The smallest absolute Gasteiger partial charge is 0.224 e. The minimum atomic E-state index is -0.0355. The molecule has 0 unspecified atom stereocenters. The number of carbonyl (C=O) groups excluding carboxylic acids is 1. The normalized spacial score (nSPS) is 10.8. The van der Waals surface area contributed by atoms with E-state index in [4.69, 9.17) is 9.72 Å². The molecule has 6 heteroatoms. The lowest BCUT2D eigenvalue weighted by Crippen LogP contribution is -2.12. The van der Waals surface area contributed by atoms with Crippen molar-refractivity contribution in [3.8, 4) is 27.7 Å². The van der Waals surface area contributed by atoms with Gasteiger partial charge < -0.3 is 10.1 Å². The molecule has 0 spiro atoms. The number of amides is 1. The van der Waals surface area contributed by atoms with Gasteiger partial charge in [-0.25, -0.2) is 4.98 Å². The fourth-order valence-electron chi connectivity index (χ4n) is 3.67. The number of ether oxygens (including phenoxy) is 1. The van der Waals surface area contributed by atoms with Gasteiger partial charge in [0.2, 0.25) is 5.91 Å². The molecule has 0 radical (unpaired) electrons. The van der Waals surface area contributed by atoms with Crippen LogP contribution < -0.4 is 10.1 Å². The molecule has 1 amide bonds. The van der Waals surface area contributed by atoms with Crippen molar-refractivity contribution >= 4 is 33.7 Å². The molecule has 0 saturated carbocycles. The van der Waals surface area contributed by atoms with Crippen LogP contribution in [-0.2, 0) is 4.79 Å². The number of benzene rings is 3. The second-order valence-corrected chi connectivity index (χ2v) is 8.70. The first-order chi connectivity index (χ1) is 16.7. The molecule has 0 aliphatic heterocycles. The number of nitrogens with zero attached hydrogens (tertiary/aromatic N) is 2. The van der Waals surface area contributed by atoms with Gasteiger partial charge in [-0.3, -0.25) is 9.78 Å². The van der Waals surface area contributed by atoms with Gasteiger partial charge in [0.15, 0.2) is 0 Å². The number of anilines is 1. The molecule has 3 aromatic carbocycles. The molecule has 0 atom stereocenters. The van der Waals surface area contributed by atoms with E-state index in [2.05, 4.69) is 22.4 Å². The van der Waals surface area contributed by atoms with Crippen LogP contribution in [0.5, 0.6) is 5.75 Å². The van der Waals surface area contributed by atoms with Gasteiger partial charge in [-0.1, -0.05) is 48.5 Å².